The number of ether oxygens (including phenoxy) is 1. The highest BCUT2D eigenvalue weighted by Gasteiger charge is 2.00. The van der Waals surface area contributed by atoms with Crippen LogP contribution in [-0.2, 0) is 0 Å². The molecule has 1 rings (SSSR count). The van der Waals surface area contributed by atoms with Crippen LogP contribution in [0.1, 0.15) is 12.0 Å². The van der Waals surface area contributed by atoms with Gasteiger partial charge in [0, 0.05) is 18.2 Å². The summed E-state index contributed by atoms with van der Waals surface area (Å²) in [6.07, 6.45) is 0.876. The summed E-state index contributed by atoms with van der Waals surface area (Å²) in [5.74, 6) is 5.22. The fraction of sp³-hybridized carbons (Fsp3) is 0.429. The van der Waals surface area contributed by atoms with Gasteiger partial charge in [-0.25, -0.2) is 4.39 Å². The van der Waals surface area contributed by atoms with E-state index in [1.807, 2.05) is 14.1 Å². The number of halogens is 1. The molecular weight excluding hydrogens is 233 g/mol. The van der Waals surface area contributed by atoms with E-state index in [1.165, 1.54) is 12.1 Å². The molecule has 1 N–H and O–H groups in total. The lowest BCUT2D eigenvalue weighted by Crippen LogP contribution is -2.15. The first-order valence-electron chi connectivity index (χ1n) is 5.79. The number of nitrogens with zero attached hydrogens (tertiary/aromatic N) is 1. The second kappa shape index (κ2) is 7.70. The number of hydrogen-bond donors (Lipinski definition) is 1. The highest BCUT2D eigenvalue weighted by atomic mass is 19.1. The number of aliphatic hydroxyl groups is 1. The van der Waals surface area contributed by atoms with Gasteiger partial charge in [-0.2, -0.15) is 0 Å². The van der Waals surface area contributed by atoms with E-state index in [4.69, 9.17) is 9.84 Å². The van der Waals surface area contributed by atoms with E-state index in [2.05, 4.69) is 16.7 Å². The Morgan fingerprint density at radius 1 is 1.33 bits per heavy atom. The zero-order valence-corrected chi connectivity index (χ0v) is 10.7. The van der Waals surface area contributed by atoms with Crippen molar-refractivity contribution in [1.29, 1.82) is 0 Å². The summed E-state index contributed by atoms with van der Waals surface area (Å²) in [7, 11) is 3.98. The predicted octanol–water partition coefficient (Wildman–Crippen LogP) is 1.50. The maximum absolute atomic E-state index is 13.3. The Kier molecular flexibility index (Phi) is 6.20. The maximum atomic E-state index is 13.3. The first kappa shape index (κ1) is 14.5. The molecule has 0 amide bonds. The van der Waals surface area contributed by atoms with Crippen LogP contribution in [0.3, 0.4) is 0 Å². The van der Waals surface area contributed by atoms with Crippen molar-refractivity contribution in [2.24, 2.45) is 0 Å². The van der Waals surface area contributed by atoms with Gasteiger partial charge in [0.15, 0.2) is 0 Å². The molecule has 98 valence electrons. The lowest BCUT2D eigenvalue weighted by atomic mass is 10.2. The van der Waals surface area contributed by atoms with E-state index in [0.29, 0.717) is 17.9 Å². The third-order valence-corrected chi connectivity index (χ3v) is 2.20. The van der Waals surface area contributed by atoms with Crippen molar-refractivity contribution in [1.82, 2.24) is 4.90 Å². The lowest BCUT2D eigenvalue weighted by Gasteiger charge is -2.10. The molecule has 0 aromatic heterocycles. The monoisotopic (exact) mass is 251 g/mol. The molecule has 3 nitrogen and oxygen atoms in total. The van der Waals surface area contributed by atoms with Gasteiger partial charge in [-0.15, -0.1) is 0 Å². The van der Waals surface area contributed by atoms with Crippen LogP contribution in [0.4, 0.5) is 4.39 Å². The molecule has 0 atom stereocenters. The average Bonchev–Trinajstić information content (AvgIpc) is 2.31. The van der Waals surface area contributed by atoms with Crippen molar-refractivity contribution in [2.75, 3.05) is 33.9 Å². The minimum absolute atomic E-state index is 0.241. The van der Waals surface area contributed by atoms with Gasteiger partial charge in [0.1, 0.15) is 18.2 Å². The molecule has 0 saturated carbocycles. The van der Waals surface area contributed by atoms with Crippen molar-refractivity contribution in [2.45, 2.75) is 6.42 Å². The Balaban J connectivity index is 2.57. The SMILES string of the molecule is CN(C)CCCOc1cc(F)cc(C#CCO)c1. The first-order chi connectivity index (χ1) is 8.61. The topological polar surface area (TPSA) is 32.7 Å². The van der Waals surface area contributed by atoms with Gasteiger partial charge >= 0.3 is 0 Å². The zero-order chi connectivity index (χ0) is 13.4. The van der Waals surface area contributed by atoms with Gasteiger partial charge in [0.25, 0.3) is 0 Å². The number of hydrogen-bond acceptors (Lipinski definition) is 3. The van der Waals surface area contributed by atoms with Gasteiger partial charge in [-0.1, -0.05) is 11.8 Å². The summed E-state index contributed by atoms with van der Waals surface area (Å²) >= 11 is 0. The van der Waals surface area contributed by atoms with E-state index < -0.39 is 0 Å². The number of aliphatic hydroxyl groups excluding tert-OH is 1. The van der Waals surface area contributed by atoms with Crippen molar-refractivity contribution in [3.05, 3.63) is 29.6 Å². The fourth-order valence-electron chi connectivity index (χ4n) is 1.43. The van der Waals surface area contributed by atoms with E-state index in [-0.39, 0.29) is 12.4 Å². The third-order valence-electron chi connectivity index (χ3n) is 2.20. The lowest BCUT2D eigenvalue weighted by molar-refractivity contribution is 0.280. The normalized spacial score (nSPS) is 10.1. The van der Waals surface area contributed by atoms with Crippen LogP contribution in [0, 0.1) is 17.7 Å². The number of benzene rings is 1. The number of rotatable bonds is 5. The van der Waals surface area contributed by atoms with E-state index in [9.17, 15) is 4.39 Å². The smallest absolute Gasteiger partial charge is 0.128 e. The molecule has 1 aromatic rings. The van der Waals surface area contributed by atoms with Crippen molar-refractivity contribution >= 4 is 0 Å². The quantitative estimate of drug-likeness (QED) is 0.636. The second-order valence-corrected chi connectivity index (χ2v) is 4.14. The Morgan fingerprint density at radius 2 is 2.11 bits per heavy atom. The maximum Gasteiger partial charge on any atom is 0.128 e. The van der Waals surface area contributed by atoms with Crippen LogP contribution in [-0.4, -0.2) is 43.9 Å². The summed E-state index contributed by atoms with van der Waals surface area (Å²) < 4.78 is 18.7. The van der Waals surface area contributed by atoms with Crippen LogP contribution >= 0.6 is 0 Å². The molecule has 18 heavy (non-hydrogen) atoms. The summed E-state index contributed by atoms with van der Waals surface area (Å²) in [6, 6.07) is 4.32. The predicted molar refractivity (Wildman–Crippen MR) is 69.0 cm³/mol. The molecule has 0 bridgehead atoms. The van der Waals surface area contributed by atoms with Crippen molar-refractivity contribution < 1.29 is 14.2 Å². The zero-order valence-electron chi connectivity index (χ0n) is 10.7. The van der Waals surface area contributed by atoms with Crippen LogP contribution in [0.15, 0.2) is 18.2 Å². The fourth-order valence-corrected chi connectivity index (χ4v) is 1.43. The standard InChI is InChI=1S/C14H18FNO2/c1-16(2)6-4-8-18-14-10-12(5-3-7-17)9-13(15)11-14/h9-11,17H,4,6-8H2,1-2H3. The summed E-state index contributed by atoms with van der Waals surface area (Å²) in [4.78, 5) is 2.06. The second-order valence-electron chi connectivity index (χ2n) is 4.14. The molecule has 4 heteroatoms. The molecular formula is C14H18FNO2. The molecule has 0 spiro atoms. The molecule has 0 aliphatic rings. The van der Waals surface area contributed by atoms with Crippen LogP contribution < -0.4 is 4.74 Å². The third kappa shape index (κ3) is 5.67. The van der Waals surface area contributed by atoms with Crippen molar-refractivity contribution in [3.63, 3.8) is 0 Å². The molecule has 0 saturated heterocycles. The Morgan fingerprint density at radius 3 is 2.78 bits per heavy atom. The summed E-state index contributed by atoms with van der Waals surface area (Å²) in [5.41, 5.74) is 0.506. The first-order valence-corrected chi connectivity index (χ1v) is 5.79. The minimum Gasteiger partial charge on any atom is -0.493 e. The van der Waals surface area contributed by atoms with E-state index >= 15 is 0 Å². The minimum atomic E-state index is -0.387. The van der Waals surface area contributed by atoms with Gasteiger partial charge in [-0.3, -0.25) is 0 Å². The van der Waals surface area contributed by atoms with Crippen molar-refractivity contribution in [3.8, 4) is 17.6 Å². The van der Waals surface area contributed by atoms with E-state index in [0.717, 1.165) is 13.0 Å². The molecule has 0 aliphatic carbocycles. The molecule has 1 aromatic carbocycles. The molecule has 0 aliphatic heterocycles. The Bertz CT molecular complexity index is 435. The molecule has 0 fully saturated rings. The summed E-state index contributed by atoms with van der Waals surface area (Å²) in [5, 5.41) is 8.59. The van der Waals surface area contributed by atoms with Gasteiger partial charge in [0.05, 0.1) is 6.61 Å². The van der Waals surface area contributed by atoms with Gasteiger partial charge < -0.3 is 14.7 Å². The highest BCUT2D eigenvalue weighted by Crippen LogP contribution is 2.16. The Labute approximate surface area is 107 Å². The highest BCUT2D eigenvalue weighted by molar-refractivity contribution is 5.40. The molecule has 0 heterocycles. The molecule has 0 radical (unpaired) electrons. The Hall–Kier alpha value is -1.57. The van der Waals surface area contributed by atoms with Crippen LogP contribution in [0.5, 0.6) is 5.75 Å². The van der Waals surface area contributed by atoms with Gasteiger partial charge in [0.2, 0.25) is 0 Å². The van der Waals surface area contributed by atoms with Gasteiger partial charge in [-0.05, 0) is 32.6 Å². The van der Waals surface area contributed by atoms with Crippen LogP contribution in [0.25, 0.3) is 0 Å². The van der Waals surface area contributed by atoms with E-state index in [1.54, 1.807) is 6.07 Å². The largest absolute Gasteiger partial charge is 0.493 e. The average molecular weight is 251 g/mol. The molecule has 0 unspecified atom stereocenters. The summed E-state index contributed by atoms with van der Waals surface area (Å²) in [6.45, 7) is 1.22. The van der Waals surface area contributed by atoms with Crippen LogP contribution in [0.2, 0.25) is 0 Å².